The lowest BCUT2D eigenvalue weighted by Gasteiger charge is -2.12. The second-order valence-electron chi connectivity index (χ2n) is 6.19. The first-order valence-electron chi connectivity index (χ1n) is 8.09. The maximum atomic E-state index is 6.06. The van der Waals surface area contributed by atoms with Gasteiger partial charge in [-0.2, -0.15) is 9.97 Å². The first-order chi connectivity index (χ1) is 11.9. The molecule has 4 N–H and O–H groups in total. The highest BCUT2D eigenvalue weighted by Gasteiger charge is 2.16. The number of nitrogens with zero attached hydrogens (tertiary/aromatic N) is 5. The number of nitrogens with two attached hydrogens (primary N) is 1. The van der Waals surface area contributed by atoms with Crippen molar-refractivity contribution in [2.75, 3.05) is 17.2 Å². The van der Waals surface area contributed by atoms with Crippen molar-refractivity contribution in [1.29, 1.82) is 0 Å². The number of hydrogen-bond acceptors (Lipinski definition) is 7. The van der Waals surface area contributed by atoms with Crippen LogP contribution in [0.4, 0.5) is 17.5 Å². The molecule has 0 spiro atoms. The molecule has 9 heteroatoms. The fourth-order valence-corrected chi connectivity index (χ4v) is 2.49. The molecular formula is C16H21ClN8. The van der Waals surface area contributed by atoms with Crippen LogP contribution in [0.2, 0.25) is 5.02 Å². The predicted octanol–water partition coefficient (Wildman–Crippen LogP) is 2.96. The van der Waals surface area contributed by atoms with Gasteiger partial charge in [0.15, 0.2) is 17.0 Å². The van der Waals surface area contributed by atoms with Crippen molar-refractivity contribution in [3.63, 3.8) is 0 Å². The van der Waals surface area contributed by atoms with Crippen LogP contribution in [0.1, 0.15) is 26.8 Å². The van der Waals surface area contributed by atoms with E-state index in [2.05, 4.69) is 30.9 Å². The highest BCUT2D eigenvalue weighted by molar-refractivity contribution is 6.30. The molecule has 0 radical (unpaired) electrons. The van der Waals surface area contributed by atoms with E-state index in [9.17, 15) is 0 Å². The van der Waals surface area contributed by atoms with Gasteiger partial charge in [0.05, 0.1) is 6.04 Å². The molecule has 0 bridgehead atoms. The average Bonchev–Trinajstić information content (AvgIpc) is 2.97. The van der Waals surface area contributed by atoms with Gasteiger partial charge in [0, 0.05) is 23.3 Å². The third-order valence-corrected chi connectivity index (χ3v) is 3.72. The van der Waals surface area contributed by atoms with Crippen molar-refractivity contribution < 1.29 is 0 Å². The number of rotatable bonds is 6. The summed E-state index contributed by atoms with van der Waals surface area (Å²) in [7, 11) is 0. The maximum Gasteiger partial charge on any atom is 0.226 e. The molecular weight excluding hydrogens is 340 g/mol. The second kappa shape index (κ2) is 7.20. The average molecular weight is 361 g/mol. The molecule has 0 aliphatic carbocycles. The summed E-state index contributed by atoms with van der Waals surface area (Å²) >= 11 is 6.06. The number of fused-ring (bicyclic) bond motifs is 1. The lowest BCUT2D eigenvalue weighted by molar-refractivity contribution is 0.526. The highest BCUT2D eigenvalue weighted by Crippen LogP contribution is 2.26. The lowest BCUT2D eigenvalue weighted by atomic mass is 10.3. The lowest BCUT2D eigenvalue weighted by Crippen LogP contribution is -2.26. The van der Waals surface area contributed by atoms with Crippen LogP contribution in [0.15, 0.2) is 24.3 Å². The molecule has 132 valence electrons. The van der Waals surface area contributed by atoms with Gasteiger partial charge in [-0.25, -0.2) is 4.68 Å². The normalized spacial score (nSPS) is 12.6. The molecule has 3 aromatic rings. The first kappa shape index (κ1) is 17.4. The van der Waals surface area contributed by atoms with Gasteiger partial charge in [-0.1, -0.05) is 22.9 Å². The van der Waals surface area contributed by atoms with Crippen molar-refractivity contribution in [2.24, 2.45) is 5.73 Å². The van der Waals surface area contributed by atoms with Crippen molar-refractivity contribution in [1.82, 2.24) is 25.0 Å². The zero-order valence-electron chi connectivity index (χ0n) is 14.4. The molecule has 1 unspecified atom stereocenters. The summed E-state index contributed by atoms with van der Waals surface area (Å²) < 4.78 is 1.76. The Hall–Kier alpha value is -2.45. The van der Waals surface area contributed by atoms with Crippen LogP contribution < -0.4 is 16.4 Å². The number of hydrogen-bond donors (Lipinski definition) is 3. The first-order valence-corrected chi connectivity index (χ1v) is 8.47. The molecule has 25 heavy (non-hydrogen) atoms. The fourth-order valence-electron chi connectivity index (χ4n) is 2.30. The summed E-state index contributed by atoms with van der Waals surface area (Å²) in [6, 6.07) is 7.51. The van der Waals surface area contributed by atoms with E-state index >= 15 is 0 Å². The van der Waals surface area contributed by atoms with Gasteiger partial charge in [-0.15, -0.1) is 5.10 Å². The van der Waals surface area contributed by atoms with E-state index in [-0.39, 0.29) is 12.1 Å². The predicted molar refractivity (Wildman–Crippen MR) is 100 cm³/mol. The van der Waals surface area contributed by atoms with Gasteiger partial charge in [-0.3, -0.25) is 0 Å². The van der Waals surface area contributed by atoms with Crippen molar-refractivity contribution >= 4 is 40.2 Å². The van der Waals surface area contributed by atoms with E-state index in [1.807, 2.05) is 45.0 Å². The van der Waals surface area contributed by atoms with Crippen molar-refractivity contribution in [2.45, 2.75) is 32.9 Å². The van der Waals surface area contributed by atoms with Crippen LogP contribution in [0.25, 0.3) is 11.2 Å². The second-order valence-corrected chi connectivity index (χ2v) is 6.63. The van der Waals surface area contributed by atoms with Crippen LogP contribution >= 0.6 is 11.6 Å². The Bertz CT molecular complexity index is 874. The van der Waals surface area contributed by atoms with Gasteiger partial charge < -0.3 is 16.4 Å². The quantitative estimate of drug-likeness (QED) is 0.620. The van der Waals surface area contributed by atoms with Crippen LogP contribution in [0, 0.1) is 0 Å². The Morgan fingerprint density at radius 2 is 2.04 bits per heavy atom. The molecule has 0 amide bonds. The monoisotopic (exact) mass is 360 g/mol. The van der Waals surface area contributed by atoms with Crippen molar-refractivity contribution in [3.05, 3.63) is 29.3 Å². The molecule has 2 heterocycles. The number of benzene rings is 1. The van der Waals surface area contributed by atoms with Crippen LogP contribution in [-0.4, -0.2) is 37.5 Å². The molecule has 0 aliphatic rings. The minimum Gasteiger partial charge on any atom is -0.353 e. The van der Waals surface area contributed by atoms with E-state index in [1.54, 1.807) is 4.68 Å². The number of halogens is 1. The summed E-state index contributed by atoms with van der Waals surface area (Å²) in [5, 5.41) is 15.5. The van der Waals surface area contributed by atoms with E-state index in [1.165, 1.54) is 0 Å². The van der Waals surface area contributed by atoms with Gasteiger partial charge in [0.25, 0.3) is 0 Å². The third-order valence-electron chi connectivity index (χ3n) is 3.48. The molecule has 0 saturated heterocycles. The number of anilines is 3. The number of nitrogens with one attached hydrogen (secondary N) is 2. The fraction of sp³-hybridized carbons (Fsp3) is 0.375. The summed E-state index contributed by atoms with van der Waals surface area (Å²) in [5.74, 6) is 1.03. The molecule has 0 fully saturated rings. The minimum atomic E-state index is -0.0169. The highest BCUT2D eigenvalue weighted by atomic mass is 35.5. The zero-order valence-corrected chi connectivity index (χ0v) is 15.1. The summed E-state index contributed by atoms with van der Waals surface area (Å²) in [6.45, 7) is 6.52. The Morgan fingerprint density at radius 3 is 2.72 bits per heavy atom. The summed E-state index contributed by atoms with van der Waals surface area (Å²) in [4.78, 5) is 9.07. The summed E-state index contributed by atoms with van der Waals surface area (Å²) in [5.41, 5.74) is 7.87. The van der Waals surface area contributed by atoms with Gasteiger partial charge >= 0.3 is 0 Å². The topological polar surface area (TPSA) is 107 Å². The maximum absolute atomic E-state index is 6.06. The van der Waals surface area contributed by atoms with Gasteiger partial charge in [0.2, 0.25) is 5.95 Å². The standard InChI is InChI=1S/C16H21ClN8/c1-9(2)25-15-13(23-24-25)14(20-12-6-4-5-11(17)7-12)21-16(22-15)19-8-10(3)18/h4-7,9-10H,8,18H2,1-3H3,(H2,19,20,21,22). The van der Waals surface area contributed by atoms with Gasteiger partial charge in [0.1, 0.15) is 0 Å². The molecule has 3 rings (SSSR count). The molecule has 0 saturated carbocycles. The van der Waals surface area contributed by atoms with Gasteiger partial charge in [-0.05, 0) is 39.0 Å². The minimum absolute atomic E-state index is 0.0169. The molecule has 2 aromatic heterocycles. The molecule has 1 atom stereocenters. The van der Waals surface area contributed by atoms with Crippen molar-refractivity contribution in [3.8, 4) is 0 Å². The third kappa shape index (κ3) is 3.97. The Balaban J connectivity index is 2.05. The Morgan fingerprint density at radius 1 is 1.24 bits per heavy atom. The van der Waals surface area contributed by atoms with Crippen LogP contribution in [0.3, 0.4) is 0 Å². The van der Waals surface area contributed by atoms with Crippen LogP contribution in [-0.2, 0) is 0 Å². The largest absolute Gasteiger partial charge is 0.353 e. The smallest absolute Gasteiger partial charge is 0.226 e. The molecule has 8 nitrogen and oxygen atoms in total. The van der Waals surface area contributed by atoms with E-state index in [4.69, 9.17) is 17.3 Å². The van der Waals surface area contributed by atoms with E-state index in [0.717, 1.165) is 5.69 Å². The number of aromatic nitrogens is 5. The summed E-state index contributed by atoms with van der Waals surface area (Å²) in [6.07, 6.45) is 0. The molecule has 1 aromatic carbocycles. The Labute approximate surface area is 150 Å². The molecule has 0 aliphatic heterocycles. The zero-order chi connectivity index (χ0) is 18.0. The Kier molecular flexibility index (Phi) is 5.00. The van der Waals surface area contributed by atoms with Crippen LogP contribution in [0.5, 0.6) is 0 Å². The SMILES string of the molecule is CC(N)CNc1nc(Nc2cccc(Cl)c2)c2nnn(C(C)C)c2n1. The van der Waals surface area contributed by atoms with E-state index < -0.39 is 0 Å². The van der Waals surface area contributed by atoms with E-state index in [0.29, 0.717) is 34.5 Å².